The van der Waals surface area contributed by atoms with Crippen molar-refractivity contribution in [2.75, 3.05) is 13.1 Å². The Labute approximate surface area is 141 Å². The Balaban J connectivity index is 1.93. The maximum Gasteiger partial charge on any atom is 0.418 e. The third-order valence-corrected chi connectivity index (χ3v) is 4.27. The average Bonchev–Trinajstić information content (AvgIpc) is 2.95. The SMILES string of the molecule is Cc1onc(-c2ccccn2)c1C(=O)N1CCCC(O)(C(F)(F)F)C1. The number of pyridine rings is 1. The number of aryl methyl sites for hydroxylation is 1. The van der Waals surface area contributed by atoms with Crippen molar-refractivity contribution in [3.8, 4) is 11.4 Å². The fraction of sp³-hybridized carbons (Fsp3) is 0.438. The Hall–Kier alpha value is -2.42. The van der Waals surface area contributed by atoms with Crippen LogP contribution >= 0.6 is 0 Å². The van der Waals surface area contributed by atoms with Crippen LogP contribution in [-0.2, 0) is 0 Å². The van der Waals surface area contributed by atoms with Crippen LogP contribution in [-0.4, -0.2) is 50.9 Å². The Morgan fingerprint density at radius 1 is 1.40 bits per heavy atom. The van der Waals surface area contributed by atoms with E-state index >= 15 is 0 Å². The average molecular weight is 355 g/mol. The van der Waals surface area contributed by atoms with Crippen molar-refractivity contribution in [3.05, 3.63) is 35.7 Å². The molecule has 0 saturated carbocycles. The Bertz CT molecular complexity index is 776. The number of carbonyl (C=O) groups excluding carboxylic acids is 1. The largest absolute Gasteiger partial charge is 0.418 e. The van der Waals surface area contributed by atoms with E-state index in [9.17, 15) is 23.1 Å². The van der Waals surface area contributed by atoms with Gasteiger partial charge in [0.2, 0.25) is 0 Å². The summed E-state index contributed by atoms with van der Waals surface area (Å²) in [7, 11) is 0. The number of rotatable bonds is 2. The molecule has 0 radical (unpaired) electrons. The summed E-state index contributed by atoms with van der Waals surface area (Å²) < 4.78 is 44.4. The van der Waals surface area contributed by atoms with Crippen LogP contribution in [0.5, 0.6) is 0 Å². The van der Waals surface area contributed by atoms with Gasteiger partial charge in [-0.15, -0.1) is 0 Å². The molecule has 3 heterocycles. The molecule has 1 aliphatic rings. The van der Waals surface area contributed by atoms with Gasteiger partial charge in [0, 0.05) is 12.7 Å². The summed E-state index contributed by atoms with van der Waals surface area (Å²) >= 11 is 0. The van der Waals surface area contributed by atoms with Gasteiger partial charge in [-0.25, -0.2) is 0 Å². The molecule has 1 N–H and O–H groups in total. The first kappa shape index (κ1) is 17.4. The molecule has 134 valence electrons. The quantitative estimate of drug-likeness (QED) is 0.896. The van der Waals surface area contributed by atoms with Crippen molar-refractivity contribution in [1.29, 1.82) is 0 Å². The monoisotopic (exact) mass is 355 g/mol. The van der Waals surface area contributed by atoms with Gasteiger partial charge in [-0.1, -0.05) is 11.2 Å². The maximum absolute atomic E-state index is 13.1. The van der Waals surface area contributed by atoms with Crippen molar-refractivity contribution < 1.29 is 27.6 Å². The van der Waals surface area contributed by atoms with Crippen molar-refractivity contribution in [1.82, 2.24) is 15.0 Å². The fourth-order valence-corrected chi connectivity index (χ4v) is 2.90. The molecule has 1 saturated heterocycles. The third kappa shape index (κ3) is 3.11. The minimum atomic E-state index is -4.81. The van der Waals surface area contributed by atoms with Gasteiger partial charge in [0.25, 0.3) is 5.91 Å². The van der Waals surface area contributed by atoms with Crippen molar-refractivity contribution >= 4 is 5.91 Å². The Kier molecular flexibility index (Phi) is 4.28. The molecule has 2 aromatic rings. The Morgan fingerprint density at radius 3 is 2.80 bits per heavy atom. The molecule has 25 heavy (non-hydrogen) atoms. The Morgan fingerprint density at radius 2 is 2.16 bits per heavy atom. The van der Waals surface area contributed by atoms with Crippen LogP contribution in [0.1, 0.15) is 29.0 Å². The molecule has 1 unspecified atom stereocenters. The van der Waals surface area contributed by atoms with E-state index < -0.39 is 30.7 Å². The van der Waals surface area contributed by atoms with E-state index in [0.717, 1.165) is 4.90 Å². The molecule has 0 bridgehead atoms. The zero-order chi connectivity index (χ0) is 18.2. The molecule has 0 spiro atoms. The van der Waals surface area contributed by atoms with Gasteiger partial charge in [-0.3, -0.25) is 9.78 Å². The van der Waals surface area contributed by atoms with Gasteiger partial charge in [0.05, 0.1) is 12.2 Å². The van der Waals surface area contributed by atoms with Crippen LogP contribution in [0, 0.1) is 6.92 Å². The molecule has 9 heteroatoms. The molecule has 1 atom stereocenters. The summed E-state index contributed by atoms with van der Waals surface area (Å²) in [6.07, 6.45) is -3.68. The second-order valence-corrected chi connectivity index (χ2v) is 6.04. The second kappa shape index (κ2) is 6.14. The van der Waals surface area contributed by atoms with Crippen LogP contribution in [0.4, 0.5) is 13.2 Å². The minimum Gasteiger partial charge on any atom is -0.379 e. The number of carbonyl (C=O) groups is 1. The number of hydrogen-bond donors (Lipinski definition) is 1. The first-order chi connectivity index (χ1) is 11.7. The summed E-state index contributed by atoms with van der Waals surface area (Å²) in [5.74, 6) is -0.478. The number of β-amino-alcohol motifs (C(OH)–C–C–N with tert-alkyl or cyclic N) is 1. The molecule has 1 aliphatic heterocycles. The number of halogens is 3. The molecule has 0 aromatic carbocycles. The normalized spacial score (nSPS) is 21.4. The topological polar surface area (TPSA) is 79.5 Å². The highest BCUT2D eigenvalue weighted by atomic mass is 19.4. The number of aromatic nitrogens is 2. The second-order valence-electron chi connectivity index (χ2n) is 6.04. The summed E-state index contributed by atoms with van der Waals surface area (Å²) in [6, 6.07) is 5.01. The molecule has 1 fully saturated rings. The molecular formula is C16H16F3N3O3. The standard InChI is InChI=1S/C16H16F3N3O3/c1-10-12(13(21-25-10)11-5-2-3-7-20-11)14(23)22-8-4-6-15(24,9-22)16(17,18)19/h2-3,5,7,24H,4,6,8-9H2,1H3. The van der Waals surface area contributed by atoms with Crippen LogP contribution in [0.3, 0.4) is 0 Å². The maximum atomic E-state index is 13.1. The predicted octanol–water partition coefficient (Wildman–Crippen LogP) is 2.57. The molecule has 0 aliphatic carbocycles. The van der Waals surface area contributed by atoms with E-state index in [2.05, 4.69) is 10.1 Å². The van der Waals surface area contributed by atoms with E-state index in [-0.39, 0.29) is 30.0 Å². The fourth-order valence-electron chi connectivity index (χ4n) is 2.90. The first-order valence-electron chi connectivity index (χ1n) is 7.69. The lowest BCUT2D eigenvalue weighted by Crippen LogP contribution is -2.58. The summed E-state index contributed by atoms with van der Waals surface area (Å²) in [4.78, 5) is 17.9. The van der Waals surface area contributed by atoms with Gasteiger partial charge in [-0.2, -0.15) is 13.2 Å². The van der Waals surface area contributed by atoms with Gasteiger partial charge >= 0.3 is 6.18 Å². The zero-order valence-corrected chi connectivity index (χ0v) is 13.4. The lowest BCUT2D eigenvalue weighted by atomic mass is 9.91. The van der Waals surface area contributed by atoms with Gasteiger partial charge in [-0.05, 0) is 31.9 Å². The number of hydrogen-bond acceptors (Lipinski definition) is 5. The molecular weight excluding hydrogens is 339 g/mol. The number of aliphatic hydroxyl groups is 1. The van der Waals surface area contributed by atoms with Crippen molar-refractivity contribution in [2.45, 2.75) is 31.5 Å². The summed E-state index contributed by atoms with van der Waals surface area (Å²) in [6.45, 7) is 0.803. The summed E-state index contributed by atoms with van der Waals surface area (Å²) in [5.41, 5.74) is -2.29. The molecule has 6 nitrogen and oxygen atoms in total. The van der Waals surface area contributed by atoms with Crippen molar-refractivity contribution in [3.63, 3.8) is 0 Å². The number of alkyl halides is 3. The third-order valence-electron chi connectivity index (χ3n) is 4.27. The minimum absolute atomic E-state index is 0.0466. The number of piperidine rings is 1. The van der Waals surface area contributed by atoms with Gasteiger partial charge < -0.3 is 14.5 Å². The van der Waals surface area contributed by atoms with E-state index in [1.54, 1.807) is 18.2 Å². The van der Waals surface area contributed by atoms with Crippen LogP contribution in [0.25, 0.3) is 11.4 Å². The highest BCUT2D eigenvalue weighted by Crippen LogP contribution is 2.38. The van der Waals surface area contributed by atoms with E-state index in [0.29, 0.717) is 5.69 Å². The molecule has 2 aromatic heterocycles. The highest BCUT2D eigenvalue weighted by molar-refractivity contribution is 6.00. The van der Waals surface area contributed by atoms with E-state index in [1.165, 1.54) is 13.1 Å². The number of likely N-dealkylation sites (tertiary alicyclic amines) is 1. The van der Waals surface area contributed by atoms with E-state index in [4.69, 9.17) is 4.52 Å². The summed E-state index contributed by atoms with van der Waals surface area (Å²) in [5, 5.41) is 13.7. The van der Waals surface area contributed by atoms with Crippen molar-refractivity contribution in [2.24, 2.45) is 0 Å². The van der Waals surface area contributed by atoms with Gasteiger partial charge in [0.1, 0.15) is 17.0 Å². The lowest BCUT2D eigenvalue weighted by Gasteiger charge is -2.40. The zero-order valence-electron chi connectivity index (χ0n) is 13.4. The van der Waals surface area contributed by atoms with Crippen LogP contribution < -0.4 is 0 Å². The van der Waals surface area contributed by atoms with Crippen LogP contribution in [0.15, 0.2) is 28.9 Å². The molecule has 1 amide bonds. The van der Waals surface area contributed by atoms with E-state index in [1.807, 2.05) is 0 Å². The van der Waals surface area contributed by atoms with Crippen LogP contribution in [0.2, 0.25) is 0 Å². The lowest BCUT2D eigenvalue weighted by molar-refractivity contribution is -0.271. The highest BCUT2D eigenvalue weighted by Gasteiger charge is 2.56. The number of nitrogens with zero attached hydrogens (tertiary/aromatic N) is 3. The first-order valence-corrected chi connectivity index (χ1v) is 7.69. The number of amides is 1. The molecule has 3 rings (SSSR count). The smallest absolute Gasteiger partial charge is 0.379 e. The predicted molar refractivity (Wildman–Crippen MR) is 80.6 cm³/mol. The van der Waals surface area contributed by atoms with Gasteiger partial charge in [0.15, 0.2) is 5.60 Å².